The standard InChI is InChI=1S/C11H17N3S/c1-15-9-5-4-8(7-9)14-10-3-2-6-13-11(10)12/h2-3,6,8-9,14H,4-5,7H2,1H3,(H2,12,13). The number of pyridine rings is 1. The first kappa shape index (κ1) is 10.6. The summed E-state index contributed by atoms with van der Waals surface area (Å²) in [5, 5.41) is 4.28. The van der Waals surface area contributed by atoms with Gasteiger partial charge in [-0.1, -0.05) is 0 Å². The second-order valence-corrected chi connectivity index (χ2v) is 5.09. The molecule has 1 aliphatic rings. The minimum atomic E-state index is 0.564. The number of rotatable bonds is 3. The van der Waals surface area contributed by atoms with Crippen LogP contribution in [0.1, 0.15) is 19.3 Å². The number of anilines is 2. The second-order valence-electron chi connectivity index (χ2n) is 3.95. The molecule has 1 aliphatic carbocycles. The quantitative estimate of drug-likeness (QED) is 0.826. The smallest absolute Gasteiger partial charge is 0.146 e. The highest BCUT2D eigenvalue weighted by molar-refractivity contribution is 7.99. The summed E-state index contributed by atoms with van der Waals surface area (Å²) in [6, 6.07) is 4.48. The Morgan fingerprint density at radius 1 is 1.53 bits per heavy atom. The fourth-order valence-electron chi connectivity index (χ4n) is 2.04. The zero-order valence-electron chi connectivity index (χ0n) is 8.94. The summed E-state index contributed by atoms with van der Waals surface area (Å²) >= 11 is 1.96. The van der Waals surface area contributed by atoms with E-state index in [1.807, 2.05) is 23.9 Å². The van der Waals surface area contributed by atoms with Gasteiger partial charge in [0.25, 0.3) is 0 Å². The Morgan fingerprint density at radius 2 is 2.40 bits per heavy atom. The Balaban J connectivity index is 1.96. The summed E-state index contributed by atoms with van der Waals surface area (Å²) in [4.78, 5) is 4.07. The summed E-state index contributed by atoms with van der Waals surface area (Å²) in [7, 11) is 0. The molecule has 15 heavy (non-hydrogen) atoms. The Morgan fingerprint density at radius 3 is 3.07 bits per heavy atom. The van der Waals surface area contributed by atoms with Crippen molar-refractivity contribution in [1.82, 2.24) is 4.98 Å². The monoisotopic (exact) mass is 223 g/mol. The highest BCUT2D eigenvalue weighted by Crippen LogP contribution is 2.30. The molecule has 2 rings (SSSR count). The fraction of sp³-hybridized carbons (Fsp3) is 0.545. The Labute approximate surface area is 94.8 Å². The molecule has 4 heteroatoms. The zero-order chi connectivity index (χ0) is 10.7. The normalized spacial score (nSPS) is 25.4. The van der Waals surface area contributed by atoms with Gasteiger partial charge in [-0.15, -0.1) is 0 Å². The van der Waals surface area contributed by atoms with Crippen molar-refractivity contribution >= 4 is 23.3 Å². The van der Waals surface area contributed by atoms with Crippen LogP contribution in [0.2, 0.25) is 0 Å². The molecule has 0 saturated heterocycles. The van der Waals surface area contributed by atoms with Crippen molar-refractivity contribution in [1.29, 1.82) is 0 Å². The van der Waals surface area contributed by atoms with Gasteiger partial charge in [0.15, 0.2) is 0 Å². The molecule has 0 radical (unpaired) electrons. The average molecular weight is 223 g/mol. The van der Waals surface area contributed by atoms with Crippen LogP contribution in [0.25, 0.3) is 0 Å². The van der Waals surface area contributed by atoms with E-state index in [9.17, 15) is 0 Å². The molecule has 0 amide bonds. The van der Waals surface area contributed by atoms with Crippen molar-refractivity contribution in [2.75, 3.05) is 17.3 Å². The van der Waals surface area contributed by atoms with Crippen LogP contribution in [0.15, 0.2) is 18.3 Å². The third kappa shape index (κ3) is 2.56. The van der Waals surface area contributed by atoms with Crippen LogP contribution in [0.3, 0.4) is 0 Å². The minimum absolute atomic E-state index is 0.564. The maximum Gasteiger partial charge on any atom is 0.146 e. The molecule has 1 aromatic rings. The van der Waals surface area contributed by atoms with Crippen LogP contribution >= 0.6 is 11.8 Å². The van der Waals surface area contributed by atoms with Crippen LogP contribution in [0, 0.1) is 0 Å². The average Bonchev–Trinajstić information content (AvgIpc) is 2.69. The minimum Gasteiger partial charge on any atom is -0.382 e. The molecule has 2 atom stereocenters. The second kappa shape index (κ2) is 4.75. The molecule has 82 valence electrons. The molecular weight excluding hydrogens is 206 g/mol. The number of aromatic nitrogens is 1. The largest absolute Gasteiger partial charge is 0.382 e. The summed E-state index contributed by atoms with van der Waals surface area (Å²) in [6.45, 7) is 0. The van der Waals surface area contributed by atoms with Gasteiger partial charge >= 0.3 is 0 Å². The SMILES string of the molecule is CSC1CCC(Nc2cccnc2N)C1. The number of nitrogens with two attached hydrogens (primary N) is 1. The van der Waals surface area contributed by atoms with Crippen LogP contribution in [-0.4, -0.2) is 22.5 Å². The highest BCUT2D eigenvalue weighted by Gasteiger charge is 2.23. The fourth-order valence-corrected chi connectivity index (χ4v) is 2.84. The van der Waals surface area contributed by atoms with E-state index in [0.717, 1.165) is 10.9 Å². The number of nitrogens with one attached hydrogen (secondary N) is 1. The predicted octanol–water partition coefficient (Wildman–Crippen LogP) is 2.36. The summed E-state index contributed by atoms with van der Waals surface area (Å²) in [5.74, 6) is 0.602. The van der Waals surface area contributed by atoms with Crippen molar-refractivity contribution in [3.63, 3.8) is 0 Å². The Hall–Kier alpha value is -0.900. The van der Waals surface area contributed by atoms with Gasteiger partial charge in [-0.2, -0.15) is 11.8 Å². The van der Waals surface area contributed by atoms with E-state index in [2.05, 4.69) is 16.6 Å². The van der Waals surface area contributed by atoms with E-state index in [0.29, 0.717) is 11.9 Å². The summed E-state index contributed by atoms with van der Waals surface area (Å²) in [6.07, 6.45) is 7.68. The lowest BCUT2D eigenvalue weighted by molar-refractivity contribution is 0.757. The van der Waals surface area contributed by atoms with Crippen molar-refractivity contribution < 1.29 is 0 Å². The van der Waals surface area contributed by atoms with E-state index < -0.39 is 0 Å². The summed E-state index contributed by atoms with van der Waals surface area (Å²) < 4.78 is 0. The Bertz CT molecular complexity index is 329. The number of thioether (sulfide) groups is 1. The van der Waals surface area contributed by atoms with Crippen LogP contribution in [0.4, 0.5) is 11.5 Å². The molecule has 1 saturated carbocycles. The van der Waals surface area contributed by atoms with Crippen molar-refractivity contribution in [3.8, 4) is 0 Å². The first-order valence-corrected chi connectivity index (χ1v) is 6.58. The van der Waals surface area contributed by atoms with Crippen molar-refractivity contribution in [3.05, 3.63) is 18.3 Å². The molecule has 3 N–H and O–H groups in total. The van der Waals surface area contributed by atoms with E-state index in [1.54, 1.807) is 6.20 Å². The van der Waals surface area contributed by atoms with E-state index >= 15 is 0 Å². The summed E-state index contributed by atoms with van der Waals surface area (Å²) in [5.41, 5.74) is 6.76. The lowest BCUT2D eigenvalue weighted by Gasteiger charge is -2.15. The molecule has 3 nitrogen and oxygen atoms in total. The molecular formula is C11H17N3S. The van der Waals surface area contributed by atoms with E-state index in [1.165, 1.54) is 19.3 Å². The zero-order valence-corrected chi connectivity index (χ0v) is 9.76. The molecule has 0 aromatic carbocycles. The van der Waals surface area contributed by atoms with Gasteiger partial charge in [-0.05, 0) is 37.7 Å². The third-order valence-corrected chi connectivity index (χ3v) is 4.01. The number of hydrogen-bond donors (Lipinski definition) is 2. The van der Waals surface area contributed by atoms with Gasteiger partial charge in [-0.3, -0.25) is 0 Å². The number of hydrogen-bond acceptors (Lipinski definition) is 4. The predicted molar refractivity (Wildman–Crippen MR) is 67.2 cm³/mol. The maximum atomic E-state index is 5.79. The van der Waals surface area contributed by atoms with E-state index in [4.69, 9.17) is 5.73 Å². The molecule has 0 bridgehead atoms. The lowest BCUT2D eigenvalue weighted by Crippen LogP contribution is -2.17. The molecule has 0 aliphatic heterocycles. The van der Waals surface area contributed by atoms with Crippen molar-refractivity contribution in [2.45, 2.75) is 30.6 Å². The van der Waals surface area contributed by atoms with Crippen molar-refractivity contribution in [2.24, 2.45) is 0 Å². The Kier molecular flexibility index (Phi) is 3.36. The van der Waals surface area contributed by atoms with Gasteiger partial charge in [0.2, 0.25) is 0 Å². The number of nitrogen functional groups attached to an aromatic ring is 1. The van der Waals surface area contributed by atoms with E-state index in [-0.39, 0.29) is 0 Å². The van der Waals surface area contributed by atoms with Crippen LogP contribution in [0.5, 0.6) is 0 Å². The first-order valence-electron chi connectivity index (χ1n) is 5.29. The third-order valence-electron chi connectivity index (χ3n) is 2.92. The van der Waals surface area contributed by atoms with Gasteiger partial charge in [0.1, 0.15) is 5.82 Å². The molecule has 1 aromatic heterocycles. The lowest BCUT2D eigenvalue weighted by atomic mass is 10.2. The van der Waals surface area contributed by atoms with Gasteiger partial charge < -0.3 is 11.1 Å². The van der Waals surface area contributed by atoms with Gasteiger partial charge in [-0.25, -0.2) is 4.98 Å². The topological polar surface area (TPSA) is 50.9 Å². The molecule has 1 heterocycles. The van der Waals surface area contributed by atoms with Gasteiger partial charge in [0, 0.05) is 17.5 Å². The van der Waals surface area contributed by atoms with Crippen LogP contribution in [-0.2, 0) is 0 Å². The maximum absolute atomic E-state index is 5.79. The van der Waals surface area contributed by atoms with Crippen LogP contribution < -0.4 is 11.1 Å². The molecule has 1 fully saturated rings. The number of nitrogens with zero attached hydrogens (tertiary/aromatic N) is 1. The van der Waals surface area contributed by atoms with Gasteiger partial charge in [0.05, 0.1) is 5.69 Å². The highest BCUT2D eigenvalue weighted by atomic mass is 32.2. The first-order chi connectivity index (χ1) is 7.29. The molecule has 2 unspecified atom stereocenters. The molecule has 0 spiro atoms.